The molecule has 0 bridgehead atoms. The summed E-state index contributed by atoms with van der Waals surface area (Å²) >= 11 is 0. The molecule has 0 radical (unpaired) electrons. The number of ether oxygens (including phenoxy) is 2. The normalized spacial score (nSPS) is 19.9. The lowest BCUT2D eigenvalue weighted by Gasteiger charge is -2.30. The van der Waals surface area contributed by atoms with Crippen molar-refractivity contribution in [1.82, 2.24) is 9.97 Å². The zero-order valence-electron chi connectivity index (χ0n) is 15.6. The Morgan fingerprint density at radius 3 is 2.96 bits per heavy atom. The minimum absolute atomic E-state index is 0.187. The van der Waals surface area contributed by atoms with Crippen molar-refractivity contribution in [3.8, 4) is 11.5 Å². The number of anilines is 2. The van der Waals surface area contributed by atoms with E-state index in [4.69, 9.17) is 9.47 Å². The van der Waals surface area contributed by atoms with Gasteiger partial charge in [-0.05, 0) is 37.0 Å². The van der Waals surface area contributed by atoms with Gasteiger partial charge in [-0.15, -0.1) is 0 Å². The number of aliphatic hydroxyl groups is 1. The fourth-order valence-electron chi connectivity index (χ4n) is 3.69. The van der Waals surface area contributed by atoms with Gasteiger partial charge < -0.3 is 24.8 Å². The zero-order chi connectivity index (χ0) is 18.6. The van der Waals surface area contributed by atoms with Crippen LogP contribution < -0.4 is 19.7 Å². The Bertz CT molecular complexity index is 778. The van der Waals surface area contributed by atoms with Gasteiger partial charge in [0.2, 0.25) is 5.95 Å². The van der Waals surface area contributed by atoms with Crippen molar-refractivity contribution < 1.29 is 14.6 Å². The summed E-state index contributed by atoms with van der Waals surface area (Å²) in [5, 5.41) is 13.0. The number of hydrogen-bond acceptors (Lipinski definition) is 7. The lowest BCUT2D eigenvalue weighted by atomic mass is 9.96. The van der Waals surface area contributed by atoms with Gasteiger partial charge in [-0.3, -0.25) is 0 Å². The Kier molecular flexibility index (Phi) is 5.29. The van der Waals surface area contributed by atoms with E-state index in [1.54, 1.807) is 13.3 Å². The van der Waals surface area contributed by atoms with Crippen LogP contribution in [0.1, 0.15) is 18.4 Å². The molecule has 2 aliphatic heterocycles. The molecule has 1 aromatic carbocycles. The maximum atomic E-state index is 9.67. The Balaban J connectivity index is 1.36. The second kappa shape index (κ2) is 8.00. The number of aromatic nitrogens is 2. The molecule has 3 heterocycles. The summed E-state index contributed by atoms with van der Waals surface area (Å²) < 4.78 is 11.3. The predicted octanol–water partition coefficient (Wildman–Crippen LogP) is 2.11. The third kappa shape index (κ3) is 4.08. The Labute approximate surface area is 159 Å². The van der Waals surface area contributed by atoms with Gasteiger partial charge >= 0.3 is 0 Å². The second-order valence-electron chi connectivity index (χ2n) is 7.17. The third-order valence-corrected chi connectivity index (χ3v) is 5.23. The molecule has 0 spiro atoms. The van der Waals surface area contributed by atoms with E-state index in [0.29, 0.717) is 18.5 Å². The van der Waals surface area contributed by atoms with Gasteiger partial charge in [-0.25, -0.2) is 4.98 Å². The molecule has 27 heavy (non-hydrogen) atoms. The fourth-order valence-corrected chi connectivity index (χ4v) is 3.69. The topological polar surface area (TPSA) is 79.7 Å². The molecular weight excluding hydrogens is 344 g/mol. The SMILES string of the molecule is COc1cccc2c1OC[C@H](CNc1nccc(N3CCC(O)CC3)n1)C2. The van der Waals surface area contributed by atoms with Crippen LogP contribution in [0.5, 0.6) is 11.5 Å². The van der Waals surface area contributed by atoms with Crippen molar-refractivity contribution in [2.45, 2.75) is 25.4 Å². The molecule has 0 aliphatic carbocycles. The first-order valence-electron chi connectivity index (χ1n) is 9.51. The lowest BCUT2D eigenvalue weighted by molar-refractivity contribution is 0.145. The minimum atomic E-state index is -0.187. The quantitative estimate of drug-likeness (QED) is 0.834. The second-order valence-corrected chi connectivity index (χ2v) is 7.17. The summed E-state index contributed by atoms with van der Waals surface area (Å²) in [6.45, 7) is 3.04. The predicted molar refractivity (Wildman–Crippen MR) is 104 cm³/mol. The summed E-state index contributed by atoms with van der Waals surface area (Å²) in [6.07, 6.45) is 4.11. The van der Waals surface area contributed by atoms with Gasteiger partial charge in [-0.2, -0.15) is 4.98 Å². The molecule has 0 unspecified atom stereocenters. The number of piperidine rings is 1. The number of para-hydroxylation sites is 1. The maximum absolute atomic E-state index is 9.67. The van der Waals surface area contributed by atoms with E-state index in [9.17, 15) is 5.11 Å². The van der Waals surface area contributed by atoms with E-state index in [1.165, 1.54) is 5.56 Å². The number of fused-ring (bicyclic) bond motifs is 1. The Morgan fingerprint density at radius 1 is 1.30 bits per heavy atom. The van der Waals surface area contributed by atoms with E-state index < -0.39 is 0 Å². The van der Waals surface area contributed by atoms with Crippen molar-refractivity contribution in [1.29, 1.82) is 0 Å². The minimum Gasteiger partial charge on any atom is -0.493 e. The first-order valence-corrected chi connectivity index (χ1v) is 9.51. The number of hydrogen-bond donors (Lipinski definition) is 2. The summed E-state index contributed by atoms with van der Waals surface area (Å²) in [7, 11) is 1.67. The van der Waals surface area contributed by atoms with Crippen LogP contribution in [0.4, 0.5) is 11.8 Å². The van der Waals surface area contributed by atoms with E-state index in [2.05, 4.69) is 26.3 Å². The first kappa shape index (κ1) is 17.9. The van der Waals surface area contributed by atoms with E-state index in [0.717, 1.165) is 56.2 Å². The molecule has 0 amide bonds. The number of aliphatic hydroxyl groups excluding tert-OH is 1. The molecule has 2 aromatic rings. The highest BCUT2D eigenvalue weighted by atomic mass is 16.5. The van der Waals surface area contributed by atoms with Crippen molar-refractivity contribution in [3.05, 3.63) is 36.0 Å². The zero-order valence-corrected chi connectivity index (χ0v) is 15.6. The molecule has 1 atom stereocenters. The number of benzene rings is 1. The van der Waals surface area contributed by atoms with Gasteiger partial charge in [0.1, 0.15) is 5.82 Å². The third-order valence-electron chi connectivity index (χ3n) is 5.23. The molecule has 1 aromatic heterocycles. The van der Waals surface area contributed by atoms with Crippen LogP contribution in [-0.2, 0) is 6.42 Å². The molecule has 7 nitrogen and oxygen atoms in total. The van der Waals surface area contributed by atoms with Gasteiger partial charge in [0, 0.05) is 31.7 Å². The molecular formula is C20H26N4O3. The van der Waals surface area contributed by atoms with Crippen molar-refractivity contribution in [2.75, 3.05) is 43.6 Å². The van der Waals surface area contributed by atoms with E-state index in [1.807, 2.05) is 18.2 Å². The van der Waals surface area contributed by atoms with Crippen LogP contribution in [0.15, 0.2) is 30.5 Å². The Hall–Kier alpha value is -2.54. The van der Waals surface area contributed by atoms with Crippen molar-refractivity contribution in [2.24, 2.45) is 5.92 Å². The van der Waals surface area contributed by atoms with Gasteiger partial charge in [0.05, 0.1) is 19.8 Å². The highest BCUT2D eigenvalue weighted by Crippen LogP contribution is 2.36. The van der Waals surface area contributed by atoms with E-state index >= 15 is 0 Å². The molecule has 144 valence electrons. The van der Waals surface area contributed by atoms with Crippen LogP contribution in [-0.4, -0.2) is 54.5 Å². The highest BCUT2D eigenvalue weighted by Gasteiger charge is 2.23. The van der Waals surface area contributed by atoms with E-state index in [-0.39, 0.29) is 6.10 Å². The summed E-state index contributed by atoms with van der Waals surface area (Å²) in [5.41, 5.74) is 1.17. The summed E-state index contributed by atoms with van der Waals surface area (Å²) in [6, 6.07) is 7.94. The first-order chi connectivity index (χ1) is 13.2. The monoisotopic (exact) mass is 370 g/mol. The Morgan fingerprint density at radius 2 is 2.15 bits per heavy atom. The largest absolute Gasteiger partial charge is 0.493 e. The van der Waals surface area contributed by atoms with Crippen LogP contribution in [0.3, 0.4) is 0 Å². The fraction of sp³-hybridized carbons (Fsp3) is 0.500. The van der Waals surface area contributed by atoms with Crippen molar-refractivity contribution in [3.63, 3.8) is 0 Å². The van der Waals surface area contributed by atoms with Gasteiger partial charge in [-0.1, -0.05) is 12.1 Å². The average molecular weight is 370 g/mol. The molecule has 7 heteroatoms. The van der Waals surface area contributed by atoms with Crippen LogP contribution in [0.2, 0.25) is 0 Å². The molecule has 4 rings (SSSR count). The standard InChI is InChI=1S/C20H26N4O3/c1-26-17-4-2-3-15-11-14(13-27-19(15)17)12-22-20-21-8-5-18(23-20)24-9-6-16(25)7-10-24/h2-5,8,14,16,25H,6-7,9-13H2,1H3,(H,21,22,23)/t14-/m0/s1. The summed E-state index contributed by atoms with van der Waals surface area (Å²) in [5.74, 6) is 3.55. The molecule has 2 aliphatic rings. The van der Waals surface area contributed by atoms with Crippen LogP contribution in [0, 0.1) is 5.92 Å². The number of nitrogens with one attached hydrogen (secondary N) is 1. The van der Waals surface area contributed by atoms with Crippen molar-refractivity contribution >= 4 is 11.8 Å². The number of rotatable bonds is 5. The van der Waals surface area contributed by atoms with Gasteiger partial charge in [0.25, 0.3) is 0 Å². The van der Waals surface area contributed by atoms with Crippen LogP contribution in [0.25, 0.3) is 0 Å². The molecule has 1 saturated heterocycles. The lowest BCUT2D eigenvalue weighted by Crippen LogP contribution is -2.36. The number of methoxy groups -OCH3 is 1. The number of nitrogens with zero attached hydrogens (tertiary/aromatic N) is 3. The molecule has 1 fully saturated rings. The highest BCUT2D eigenvalue weighted by molar-refractivity contribution is 5.48. The molecule has 2 N–H and O–H groups in total. The molecule has 0 saturated carbocycles. The van der Waals surface area contributed by atoms with Gasteiger partial charge in [0.15, 0.2) is 11.5 Å². The maximum Gasteiger partial charge on any atom is 0.224 e. The smallest absolute Gasteiger partial charge is 0.224 e. The average Bonchev–Trinajstić information content (AvgIpc) is 2.72. The van der Waals surface area contributed by atoms with Crippen LogP contribution >= 0.6 is 0 Å². The summed E-state index contributed by atoms with van der Waals surface area (Å²) in [4.78, 5) is 11.2.